The second-order valence-corrected chi connectivity index (χ2v) is 4.04. The van der Waals surface area contributed by atoms with Gasteiger partial charge in [-0.15, -0.1) is 0 Å². The van der Waals surface area contributed by atoms with Crippen molar-refractivity contribution in [3.63, 3.8) is 0 Å². The third kappa shape index (κ3) is 2.47. The summed E-state index contributed by atoms with van der Waals surface area (Å²) in [5.41, 5.74) is 1.64. The Morgan fingerprint density at radius 3 is 2.65 bits per heavy atom. The maximum atomic E-state index is 9.36. The fraction of sp³-hybridized carbons (Fsp3) is 0.167. The van der Waals surface area contributed by atoms with Crippen molar-refractivity contribution in [2.45, 2.75) is 6.92 Å². The van der Waals surface area contributed by atoms with Crippen LogP contribution in [0.25, 0.3) is 11.4 Å². The number of phenolic OH excluding ortho intramolecular Hbond substituents is 1. The fourth-order valence-corrected chi connectivity index (χ4v) is 1.65. The summed E-state index contributed by atoms with van der Waals surface area (Å²) in [6, 6.07) is 6.76. The average Bonchev–Trinajstić information content (AvgIpc) is 2.32. The summed E-state index contributed by atoms with van der Waals surface area (Å²) >= 11 is 5.86. The molecular weight excluding hydrogens is 238 g/mol. The highest BCUT2D eigenvalue weighted by Crippen LogP contribution is 2.28. The van der Waals surface area contributed by atoms with Crippen molar-refractivity contribution < 1.29 is 5.11 Å². The van der Waals surface area contributed by atoms with Gasteiger partial charge in [-0.05, 0) is 25.1 Å². The Morgan fingerprint density at radius 2 is 2.00 bits per heavy atom. The minimum atomic E-state index is 0.0527. The zero-order valence-corrected chi connectivity index (χ0v) is 10.3. The van der Waals surface area contributed by atoms with E-state index in [9.17, 15) is 5.11 Å². The lowest BCUT2D eigenvalue weighted by molar-refractivity contribution is 0.475. The Balaban J connectivity index is 2.52. The predicted octanol–water partition coefficient (Wildman–Crippen LogP) is 2.85. The van der Waals surface area contributed by atoms with Gasteiger partial charge in [0.2, 0.25) is 0 Å². The van der Waals surface area contributed by atoms with Crippen LogP contribution in [0.5, 0.6) is 5.75 Å². The normalized spacial score (nSPS) is 10.3. The molecule has 0 aliphatic rings. The van der Waals surface area contributed by atoms with Gasteiger partial charge in [-0.2, -0.15) is 0 Å². The number of benzene rings is 1. The molecule has 0 saturated carbocycles. The van der Waals surface area contributed by atoms with E-state index in [1.807, 2.05) is 13.0 Å². The molecule has 88 valence electrons. The first kappa shape index (κ1) is 11.7. The van der Waals surface area contributed by atoms with Crippen molar-refractivity contribution in [1.82, 2.24) is 9.97 Å². The van der Waals surface area contributed by atoms with E-state index in [4.69, 9.17) is 11.6 Å². The number of halogens is 1. The summed E-state index contributed by atoms with van der Waals surface area (Å²) in [4.78, 5) is 8.66. The molecule has 4 nitrogen and oxygen atoms in total. The van der Waals surface area contributed by atoms with Crippen LogP contribution in [0.3, 0.4) is 0 Å². The predicted molar refractivity (Wildman–Crippen MR) is 68.4 cm³/mol. The zero-order chi connectivity index (χ0) is 12.4. The first-order valence-electron chi connectivity index (χ1n) is 5.12. The van der Waals surface area contributed by atoms with Crippen molar-refractivity contribution in [2.75, 3.05) is 12.4 Å². The molecule has 1 aromatic heterocycles. The Kier molecular flexibility index (Phi) is 3.15. The highest BCUT2D eigenvalue weighted by molar-refractivity contribution is 6.32. The molecule has 2 rings (SSSR count). The second-order valence-electron chi connectivity index (χ2n) is 3.63. The van der Waals surface area contributed by atoms with Gasteiger partial charge in [0.25, 0.3) is 0 Å². The maximum absolute atomic E-state index is 9.36. The summed E-state index contributed by atoms with van der Waals surface area (Å²) in [7, 11) is 1.80. The van der Waals surface area contributed by atoms with Gasteiger partial charge in [0, 0.05) is 24.4 Å². The van der Waals surface area contributed by atoms with Crippen LogP contribution < -0.4 is 5.32 Å². The molecule has 0 aliphatic carbocycles. The molecule has 0 radical (unpaired) electrons. The quantitative estimate of drug-likeness (QED) is 0.859. The molecule has 0 amide bonds. The van der Waals surface area contributed by atoms with E-state index in [0.29, 0.717) is 10.8 Å². The molecule has 0 saturated heterocycles. The smallest absolute Gasteiger partial charge is 0.161 e. The lowest BCUT2D eigenvalue weighted by Gasteiger charge is -2.06. The Morgan fingerprint density at radius 1 is 1.24 bits per heavy atom. The lowest BCUT2D eigenvalue weighted by atomic mass is 10.2. The van der Waals surface area contributed by atoms with Gasteiger partial charge in [0.15, 0.2) is 5.82 Å². The number of aryl methyl sites for hydroxylation is 1. The van der Waals surface area contributed by atoms with Crippen molar-refractivity contribution in [3.8, 4) is 17.1 Å². The molecule has 1 aromatic carbocycles. The van der Waals surface area contributed by atoms with Gasteiger partial charge in [-0.1, -0.05) is 11.6 Å². The maximum Gasteiger partial charge on any atom is 0.161 e. The summed E-state index contributed by atoms with van der Waals surface area (Å²) in [6.45, 7) is 1.90. The highest BCUT2D eigenvalue weighted by atomic mass is 35.5. The SMILES string of the molecule is CNc1cc(C)nc(-c2ccc(O)c(Cl)c2)n1. The molecule has 0 bridgehead atoms. The van der Waals surface area contributed by atoms with Gasteiger partial charge < -0.3 is 10.4 Å². The van der Waals surface area contributed by atoms with Gasteiger partial charge >= 0.3 is 0 Å². The molecule has 0 aliphatic heterocycles. The first-order valence-corrected chi connectivity index (χ1v) is 5.50. The Bertz CT molecular complexity index is 557. The lowest BCUT2D eigenvalue weighted by Crippen LogP contribution is -1.98. The Labute approximate surface area is 104 Å². The molecule has 0 fully saturated rings. The summed E-state index contributed by atoms with van der Waals surface area (Å²) in [6.07, 6.45) is 0. The number of phenols is 1. The van der Waals surface area contributed by atoms with Crippen LogP contribution in [-0.4, -0.2) is 22.1 Å². The number of aromatic nitrogens is 2. The van der Waals surface area contributed by atoms with Gasteiger partial charge in [-0.3, -0.25) is 0 Å². The topological polar surface area (TPSA) is 58.0 Å². The van der Waals surface area contributed by atoms with E-state index < -0.39 is 0 Å². The summed E-state index contributed by atoms with van der Waals surface area (Å²) < 4.78 is 0. The molecule has 2 aromatic rings. The number of anilines is 1. The summed E-state index contributed by atoms with van der Waals surface area (Å²) in [5, 5.41) is 12.6. The number of rotatable bonds is 2. The third-order valence-electron chi connectivity index (χ3n) is 2.32. The molecule has 5 heteroatoms. The van der Waals surface area contributed by atoms with Crippen LogP contribution in [0.4, 0.5) is 5.82 Å². The number of hydrogen-bond donors (Lipinski definition) is 2. The highest BCUT2D eigenvalue weighted by Gasteiger charge is 2.07. The zero-order valence-electron chi connectivity index (χ0n) is 9.53. The molecule has 2 N–H and O–H groups in total. The molecule has 1 heterocycles. The minimum Gasteiger partial charge on any atom is -0.506 e. The van der Waals surface area contributed by atoms with Crippen molar-refractivity contribution >= 4 is 17.4 Å². The van der Waals surface area contributed by atoms with Crippen LogP contribution >= 0.6 is 11.6 Å². The van der Waals surface area contributed by atoms with Crippen LogP contribution in [0.2, 0.25) is 5.02 Å². The minimum absolute atomic E-state index is 0.0527. The molecule has 0 atom stereocenters. The largest absolute Gasteiger partial charge is 0.506 e. The summed E-state index contributed by atoms with van der Waals surface area (Å²) in [5.74, 6) is 1.38. The van der Waals surface area contributed by atoms with Crippen molar-refractivity contribution in [1.29, 1.82) is 0 Å². The van der Waals surface area contributed by atoms with Gasteiger partial charge in [0.05, 0.1) is 5.02 Å². The monoisotopic (exact) mass is 249 g/mol. The van der Waals surface area contributed by atoms with E-state index in [2.05, 4.69) is 15.3 Å². The Hall–Kier alpha value is -1.81. The van der Waals surface area contributed by atoms with E-state index in [-0.39, 0.29) is 5.75 Å². The van der Waals surface area contributed by atoms with Crippen molar-refractivity contribution in [2.24, 2.45) is 0 Å². The molecule has 17 heavy (non-hydrogen) atoms. The van der Waals surface area contributed by atoms with Crippen LogP contribution in [0.1, 0.15) is 5.69 Å². The van der Waals surface area contributed by atoms with E-state index >= 15 is 0 Å². The third-order valence-corrected chi connectivity index (χ3v) is 2.62. The number of nitrogens with one attached hydrogen (secondary N) is 1. The average molecular weight is 250 g/mol. The van der Waals surface area contributed by atoms with E-state index in [1.165, 1.54) is 6.07 Å². The van der Waals surface area contributed by atoms with Gasteiger partial charge in [-0.25, -0.2) is 9.97 Å². The van der Waals surface area contributed by atoms with E-state index in [1.54, 1.807) is 19.2 Å². The second kappa shape index (κ2) is 4.59. The van der Waals surface area contributed by atoms with Crippen LogP contribution in [-0.2, 0) is 0 Å². The van der Waals surface area contributed by atoms with Crippen molar-refractivity contribution in [3.05, 3.63) is 35.0 Å². The van der Waals surface area contributed by atoms with Crippen LogP contribution in [0.15, 0.2) is 24.3 Å². The van der Waals surface area contributed by atoms with Gasteiger partial charge in [0.1, 0.15) is 11.6 Å². The molecule has 0 unspecified atom stereocenters. The first-order chi connectivity index (χ1) is 8.10. The molecule has 0 spiro atoms. The number of aromatic hydroxyl groups is 1. The number of hydrogen-bond acceptors (Lipinski definition) is 4. The van der Waals surface area contributed by atoms with E-state index in [0.717, 1.165) is 17.1 Å². The molecular formula is C12H12ClN3O. The standard InChI is InChI=1S/C12H12ClN3O/c1-7-5-11(14-2)16-12(15-7)8-3-4-10(17)9(13)6-8/h3-6,17H,1-2H3,(H,14,15,16). The fourth-order valence-electron chi connectivity index (χ4n) is 1.47. The number of nitrogens with zero attached hydrogens (tertiary/aromatic N) is 2. The van der Waals surface area contributed by atoms with Crippen LogP contribution in [0, 0.1) is 6.92 Å².